The molecule has 1 aromatic heterocycles. The maximum absolute atomic E-state index is 12.1. The molecule has 20 heavy (non-hydrogen) atoms. The SMILES string of the molecule is Cc1ccc(SC(C)C(=O)Nc2ccccc2Cl)nc1. The molecule has 0 aliphatic carbocycles. The summed E-state index contributed by atoms with van der Waals surface area (Å²) in [5.74, 6) is -0.0922. The van der Waals surface area contributed by atoms with Crippen LogP contribution in [0.2, 0.25) is 5.02 Å². The van der Waals surface area contributed by atoms with Crippen LogP contribution in [0.3, 0.4) is 0 Å². The van der Waals surface area contributed by atoms with Crippen molar-refractivity contribution in [2.24, 2.45) is 0 Å². The molecule has 104 valence electrons. The maximum Gasteiger partial charge on any atom is 0.237 e. The van der Waals surface area contributed by atoms with Crippen molar-refractivity contribution in [2.75, 3.05) is 5.32 Å². The van der Waals surface area contributed by atoms with E-state index in [-0.39, 0.29) is 11.2 Å². The molecular formula is C15H15ClN2OS. The molecule has 1 aromatic carbocycles. The molecule has 0 spiro atoms. The largest absolute Gasteiger partial charge is 0.324 e. The number of carbonyl (C=O) groups excluding carboxylic acids is 1. The second-order valence-corrected chi connectivity index (χ2v) is 6.17. The van der Waals surface area contributed by atoms with E-state index in [1.807, 2.05) is 38.1 Å². The van der Waals surface area contributed by atoms with Crippen LogP contribution in [0.5, 0.6) is 0 Å². The van der Waals surface area contributed by atoms with Gasteiger partial charge >= 0.3 is 0 Å². The lowest BCUT2D eigenvalue weighted by molar-refractivity contribution is -0.115. The summed E-state index contributed by atoms with van der Waals surface area (Å²) in [5, 5.41) is 3.94. The highest BCUT2D eigenvalue weighted by atomic mass is 35.5. The lowest BCUT2D eigenvalue weighted by atomic mass is 10.3. The Balaban J connectivity index is 1.99. The van der Waals surface area contributed by atoms with Crippen LogP contribution in [0.25, 0.3) is 0 Å². The van der Waals surface area contributed by atoms with Crippen molar-refractivity contribution in [2.45, 2.75) is 24.1 Å². The first kappa shape index (κ1) is 14.9. The maximum atomic E-state index is 12.1. The van der Waals surface area contributed by atoms with Gasteiger partial charge < -0.3 is 5.32 Å². The molecule has 0 bridgehead atoms. The minimum absolute atomic E-state index is 0.0922. The first-order chi connectivity index (χ1) is 9.56. The number of amides is 1. The Morgan fingerprint density at radius 3 is 2.70 bits per heavy atom. The third kappa shape index (κ3) is 3.99. The molecule has 1 atom stereocenters. The van der Waals surface area contributed by atoms with Crippen LogP contribution >= 0.6 is 23.4 Å². The fourth-order valence-corrected chi connectivity index (χ4v) is 2.53. The van der Waals surface area contributed by atoms with Crippen molar-refractivity contribution in [1.82, 2.24) is 4.98 Å². The van der Waals surface area contributed by atoms with E-state index >= 15 is 0 Å². The number of anilines is 1. The van der Waals surface area contributed by atoms with Gasteiger partial charge in [-0.15, -0.1) is 0 Å². The highest BCUT2D eigenvalue weighted by Gasteiger charge is 2.16. The standard InChI is InChI=1S/C15H15ClN2OS/c1-10-7-8-14(17-9-10)20-11(2)15(19)18-13-6-4-3-5-12(13)16/h3-9,11H,1-2H3,(H,18,19). The fraction of sp³-hybridized carbons (Fsp3) is 0.200. The van der Waals surface area contributed by atoms with E-state index < -0.39 is 0 Å². The van der Waals surface area contributed by atoms with Gasteiger partial charge in [-0.3, -0.25) is 4.79 Å². The number of nitrogens with one attached hydrogen (secondary N) is 1. The van der Waals surface area contributed by atoms with E-state index in [0.29, 0.717) is 10.7 Å². The van der Waals surface area contributed by atoms with Crippen molar-refractivity contribution >= 4 is 35.0 Å². The first-order valence-electron chi connectivity index (χ1n) is 6.21. The molecule has 1 amide bonds. The molecule has 0 radical (unpaired) electrons. The Labute approximate surface area is 127 Å². The van der Waals surface area contributed by atoms with Crippen molar-refractivity contribution in [3.05, 3.63) is 53.2 Å². The van der Waals surface area contributed by atoms with Crippen LogP contribution in [0.1, 0.15) is 12.5 Å². The van der Waals surface area contributed by atoms with Gasteiger partial charge in [0.1, 0.15) is 0 Å². The minimum atomic E-state index is -0.249. The fourth-order valence-electron chi connectivity index (χ4n) is 1.56. The van der Waals surface area contributed by atoms with Crippen LogP contribution in [-0.2, 0) is 4.79 Å². The number of carbonyl (C=O) groups is 1. The molecule has 1 unspecified atom stereocenters. The Bertz CT molecular complexity index is 601. The molecule has 0 fully saturated rings. The van der Waals surface area contributed by atoms with E-state index in [4.69, 9.17) is 11.6 Å². The average molecular weight is 307 g/mol. The van der Waals surface area contributed by atoms with Crippen molar-refractivity contribution < 1.29 is 4.79 Å². The van der Waals surface area contributed by atoms with Gasteiger partial charge in [0.15, 0.2) is 0 Å². The summed E-state index contributed by atoms with van der Waals surface area (Å²) in [4.78, 5) is 16.4. The quantitative estimate of drug-likeness (QED) is 0.862. The van der Waals surface area contributed by atoms with E-state index in [9.17, 15) is 4.79 Å². The summed E-state index contributed by atoms with van der Waals surface area (Å²) in [7, 11) is 0. The average Bonchev–Trinajstić information content (AvgIpc) is 2.44. The molecule has 5 heteroatoms. The Kier molecular flexibility index (Phi) is 5.04. The molecule has 0 saturated heterocycles. The lowest BCUT2D eigenvalue weighted by Crippen LogP contribution is -2.22. The smallest absolute Gasteiger partial charge is 0.237 e. The number of rotatable bonds is 4. The number of aryl methyl sites for hydroxylation is 1. The molecule has 1 N–H and O–H groups in total. The van der Waals surface area contributed by atoms with E-state index in [1.54, 1.807) is 18.3 Å². The van der Waals surface area contributed by atoms with E-state index in [2.05, 4.69) is 10.3 Å². The lowest BCUT2D eigenvalue weighted by Gasteiger charge is -2.12. The third-order valence-electron chi connectivity index (χ3n) is 2.68. The van der Waals surface area contributed by atoms with Gasteiger partial charge in [0.2, 0.25) is 5.91 Å². The van der Waals surface area contributed by atoms with Gasteiger partial charge in [-0.05, 0) is 37.6 Å². The van der Waals surface area contributed by atoms with Crippen LogP contribution in [-0.4, -0.2) is 16.1 Å². The zero-order valence-electron chi connectivity index (χ0n) is 11.3. The Morgan fingerprint density at radius 2 is 2.05 bits per heavy atom. The number of benzene rings is 1. The van der Waals surface area contributed by atoms with Gasteiger partial charge in [-0.1, -0.05) is 41.6 Å². The predicted octanol–water partition coefficient (Wildman–Crippen LogP) is 4.16. The van der Waals surface area contributed by atoms with Crippen LogP contribution in [0.15, 0.2) is 47.6 Å². The highest BCUT2D eigenvalue weighted by molar-refractivity contribution is 8.00. The third-order valence-corrected chi connectivity index (χ3v) is 4.06. The number of pyridine rings is 1. The van der Waals surface area contributed by atoms with Crippen molar-refractivity contribution in [3.8, 4) is 0 Å². The van der Waals surface area contributed by atoms with Gasteiger partial charge in [0, 0.05) is 6.20 Å². The summed E-state index contributed by atoms with van der Waals surface area (Å²) in [6.45, 7) is 3.83. The summed E-state index contributed by atoms with van der Waals surface area (Å²) in [5.41, 5.74) is 1.73. The zero-order valence-corrected chi connectivity index (χ0v) is 12.8. The van der Waals surface area contributed by atoms with Crippen LogP contribution in [0.4, 0.5) is 5.69 Å². The van der Waals surface area contributed by atoms with Gasteiger partial charge in [-0.25, -0.2) is 4.98 Å². The first-order valence-corrected chi connectivity index (χ1v) is 7.47. The number of halogens is 1. The van der Waals surface area contributed by atoms with Crippen molar-refractivity contribution in [1.29, 1.82) is 0 Å². The van der Waals surface area contributed by atoms with E-state index in [0.717, 1.165) is 10.6 Å². The minimum Gasteiger partial charge on any atom is -0.324 e. The van der Waals surface area contributed by atoms with Gasteiger partial charge in [0.25, 0.3) is 0 Å². The summed E-state index contributed by atoms with van der Waals surface area (Å²) < 4.78 is 0. The Morgan fingerprint density at radius 1 is 1.30 bits per heavy atom. The molecule has 2 rings (SSSR count). The molecule has 2 aromatic rings. The van der Waals surface area contributed by atoms with Crippen LogP contribution < -0.4 is 5.32 Å². The predicted molar refractivity (Wildman–Crippen MR) is 84.4 cm³/mol. The van der Waals surface area contributed by atoms with E-state index in [1.165, 1.54) is 11.8 Å². The number of thioether (sulfide) groups is 1. The second kappa shape index (κ2) is 6.77. The monoisotopic (exact) mass is 306 g/mol. The molecule has 0 saturated carbocycles. The molecule has 0 aliphatic heterocycles. The number of nitrogens with zero attached hydrogens (tertiary/aromatic N) is 1. The zero-order chi connectivity index (χ0) is 14.5. The second-order valence-electron chi connectivity index (χ2n) is 4.40. The van der Waals surface area contributed by atoms with Crippen molar-refractivity contribution in [3.63, 3.8) is 0 Å². The molecule has 1 heterocycles. The molecule has 3 nitrogen and oxygen atoms in total. The highest BCUT2D eigenvalue weighted by Crippen LogP contribution is 2.25. The van der Waals surface area contributed by atoms with Crippen LogP contribution in [0, 0.1) is 6.92 Å². The topological polar surface area (TPSA) is 42.0 Å². The van der Waals surface area contributed by atoms with Gasteiger partial charge in [0.05, 0.1) is 21.0 Å². The summed E-state index contributed by atoms with van der Waals surface area (Å²) in [6.07, 6.45) is 1.79. The summed E-state index contributed by atoms with van der Waals surface area (Å²) >= 11 is 7.44. The normalized spacial score (nSPS) is 11.9. The number of hydrogen-bond donors (Lipinski definition) is 1. The summed E-state index contributed by atoms with van der Waals surface area (Å²) in [6, 6.07) is 11.1. The number of para-hydroxylation sites is 1. The molecule has 0 aliphatic rings. The number of aromatic nitrogens is 1. The van der Waals surface area contributed by atoms with Gasteiger partial charge in [-0.2, -0.15) is 0 Å². The molecular weight excluding hydrogens is 292 g/mol. The Hall–Kier alpha value is -1.52. The number of hydrogen-bond acceptors (Lipinski definition) is 3.